The van der Waals surface area contributed by atoms with Gasteiger partial charge in [0.2, 0.25) is 0 Å². The van der Waals surface area contributed by atoms with Crippen molar-refractivity contribution >= 4 is 11.6 Å². The topological polar surface area (TPSA) is 67.2 Å². The van der Waals surface area contributed by atoms with Crippen molar-refractivity contribution in [1.29, 1.82) is 0 Å². The Hall–Kier alpha value is -3.99. The number of hydrogen-bond donors (Lipinski definition) is 0. The van der Waals surface area contributed by atoms with Crippen molar-refractivity contribution in [2.75, 3.05) is 51.8 Å². The highest BCUT2D eigenvalue weighted by Gasteiger charge is 2.46. The molecule has 0 N–H and O–H groups in total. The van der Waals surface area contributed by atoms with Crippen LogP contribution in [0.1, 0.15) is 60.0 Å². The molecule has 1 amide bonds. The number of rotatable bonds is 6. The van der Waals surface area contributed by atoms with Crippen LogP contribution in [0.25, 0.3) is 11.1 Å². The third kappa shape index (κ3) is 6.17. The highest BCUT2D eigenvalue weighted by molar-refractivity contribution is 5.82. The van der Waals surface area contributed by atoms with Crippen LogP contribution in [-0.2, 0) is 24.8 Å². The van der Waals surface area contributed by atoms with Gasteiger partial charge in [-0.05, 0) is 111 Å². The van der Waals surface area contributed by atoms with Gasteiger partial charge in [-0.2, -0.15) is 13.2 Å². The second kappa shape index (κ2) is 12.8. The molecule has 0 radical (unpaired) electrons. The molecule has 1 spiro atoms. The summed E-state index contributed by atoms with van der Waals surface area (Å²) in [5.41, 5.74) is 7.54. The number of benzene rings is 2. The molecule has 0 aliphatic carbocycles. The van der Waals surface area contributed by atoms with E-state index in [-0.39, 0.29) is 17.5 Å². The standard InChI is InChI=1S/C37H45F3N4O4/c1-23-24(2)34(45)41(4)20-30(23)27-17-32(47-5)31(33(18-27)48-6)21-42-14-10-36(11-15-42)12-16-43(22-36)28-8-7-26-9-13-44(25(3)29(26)19-28)35(46)37(38,39)40/h7-8,17-20,25H,9-16,21-22H2,1-6H3. The van der Waals surface area contributed by atoms with E-state index in [1.165, 1.54) is 0 Å². The minimum absolute atomic E-state index is 0.00813. The minimum Gasteiger partial charge on any atom is -0.496 e. The van der Waals surface area contributed by atoms with Crippen molar-refractivity contribution in [2.45, 2.75) is 65.2 Å². The number of alkyl halides is 3. The van der Waals surface area contributed by atoms with Gasteiger partial charge in [0.05, 0.1) is 25.8 Å². The smallest absolute Gasteiger partial charge is 0.471 e. The third-order valence-corrected chi connectivity index (χ3v) is 11.1. The summed E-state index contributed by atoms with van der Waals surface area (Å²) in [7, 11) is 5.11. The monoisotopic (exact) mass is 666 g/mol. The second-order valence-corrected chi connectivity index (χ2v) is 13.8. The number of aryl methyl sites for hydroxylation is 1. The van der Waals surface area contributed by atoms with Gasteiger partial charge < -0.3 is 23.8 Å². The molecular weight excluding hydrogens is 621 g/mol. The van der Waals surface area contributed by atoms with Gasteiger partial charge in [0.15, 0.2) is 0 Å². The summed E-state index contributed by atoms with van der Waals surface area (Å²) in [4.78, 5) is 30.3. The Kier molecular flexibility index (Phi) is 9.04. The molecule has 6 rings (SSSR count). The zero-order valence-electron chi connectivity index (χ0n) is 28.7. The van der Waals surface area contributed by atoms with E-state index in [1.807, 2.05) is 44.3 Å². The molecule has 2 saturated heterocycles. The molecule has 2 fully saturated rings. The molecule has 3 aromatic rings. The molecule has 4 heterocycles. The molecule has 2 aromatic carbocycles. The molecule has 1 aromatic heterocycles. The zero-order valence-corrected chi connectivity index (χ0v) is 28.7. The highest BCUT2D eigenvalue weighted by atomic mass is 19.4. The Labute approximate surface area is 280 Å². The van der Waals surface area contributed by atoms with Crippen molar-refractivity contribution < 1.29 is 27.4 Å². The van der Waals surface area contributed by atoms with Crippen LogP contribution in [0.4, 0.5) is 18.9 Å². The maximum Gasteiger partial charge on any atom is 0.471 e. The lowest BCUT2D eigenvalue weighted by Crippen LogP contribution is -2.45. The number of aromatic nitrogens is 1. The lowest BCUT2D eigenvalue weighted by atomic mass is 9.77. The maximum absolute atomic E-state index is 13.2. The summed E-state index contributed by atoms with van der Waals surface area (Å²) in [5.74, 6) is -0.266. The second-order valence-electron chi connectivity index (χ2n) is 13.8. The molecule has 0 saturated carbocycles. The summed E-state index contributed by atoms with van der Waals surface area (Å²) >= 11 is 0. The Bertz CT molecular complexity index is 1750. The predicted molar refractivity (Wildman–Crippen MR) is 180 cm³/mol. The summed E-state index contributed by atoms with van der Waals surface area (Å²) in [6.45, 7) is 9.92. The molecule has 0 bridgehead atoms. The number of fused-ring (bicyclic) bond motifs is 1. The van der Waals surface area contributed by atoms with Gasteiger partial charge in [-0.3, -0.25) is 14.5 Å². The normalized spacial score (nSPS) is 19.5. The Morgan fingerprint density at radius 3 is 2.23 bits per heavy atom. The van der Waals surface area contributed by atoms with E-state index in [0.29, 0.717) is 13.0 Å². The fraction of sp³-hybridized carbons (Fsp3) is 0.514. The van der Waals surface area contributed by atoms with Gasteiger partial charge >= 0.3 is 12.1 Å². The number of methoxy groups -OCH3 is 2. The number of piperidine rings is 1. The van der Waals surface area contributed by atoms with Gasteiger partial charge in [0.1, 0.15) is 11.5 Å². The van der Waals surface area contributed by atoms with Crippen molar-refractivity contribution in [2.24, 2.45) is 12.5 Å². The highest BCUT2D eigenvalue weighted by Crippen LogP contribution is 2.44. The molecular formula is C37H45F3N4O4. The number of halogens is 3. The molecule has 8 nitrogen and oxygen atoms in total. The van der Waals surface area contributed by atoms with E-state index in [0.717, 1.165) is 106 Å². The lowest BCUT2D eigenvalue weighted by Gasteiger charge is -2.40. The summed E-state index contributed by atoms with van der Waals surface area (Å²) in [6, 6.07) is 9.55. The molecule has 258 valence electrons. The van der Waals surface area contributed by atoms with E-state index in [2.05, 4.69) is 15.9 Å². The van der Waals surface area contributed by atoms with Crippen molar-refractivity contribution in [1.82, 2.24) is 14.4 Å². The van der Waals surface area contributed by atoms with Crippen LogP contribution in [0.2, 0.25) is 0 Å². The van der Waals surface area contributed by atoms with Crippen LogP contribution in [-0.4, -0.2) is 73.4 Å². The molecule has 11 heteroatoms. The number of likely N-dealkylation sites (tertiary alicyclic amines) is 1. The van der Waals surface area contributed by atoms with E-state index >= 15 is 0 Å². The van der Waals surface area contributed by atoms with E-state index in [4.69, 9.17) is 9.47 Å². The maximum atomic E-state index is 13.2. The van der Waals surface area contributed by atoms with Gasteiger partial charge in [-0.25, -0.2) is 0 Å². The molecule has 48 heavy (non-hydrogen) atoms. The van der Waals surface area contributed by atoms with Gasteiger partial charge in [0.25, 0.3) is 5.56 Å². The number of anilines is 1. The fourth-order valence-corrected chi connectivity index (χ4v) is 7.97. The SMILES string of the molecule is COc1cc(-c2cn(C)c(=O)c(C)c2C)cc(OC)c1CN1CCC2(CC1)CCN(c1ccc3c(c1)C(C)N(C(=O)C(F)(F)F)CC3)C2. The van der Waals surface area contributed by atoms with Gasteiger partial charge in [0, 0.05) is 56.2 Å². The quantitative estimate of drug-likeness (QED) is 0.313. The van der Waals surface area contributed by atoms with Crippen LogP contribution in [0.15, 0.2) is 41.3 Å². The number of nitrogens with zero attached hydrogens (tertiary/aromatic N) is 4. The largest absolute Gasteiger partial charge is 0.496 e. The van der Waals surface area contributed by atoms with Crippen molar-refractivity contribution in [3.8, 4) is 22.6 Å². The Morgan fingerprint density at radius 1 is 0.958 bits per heavy atom. The molecule has 3 aliphatic rings. The summed E-state index contributed by atoms with van der Waals surface area (Å²) in [5, 5.41) is 0. The first-order chi connectivity index (χ1) is 22.7. The number of pyridine rings is 1. The third-order valence-electron chi connectivity index (χ3n) is 11.1. The van der Waals surface area contributed by atoms with E-state index in [9.17, 15) is 22.8 Å². The fourth-order valence-electron chi connectivity index (χ4n) is 7.97. The van der Waals surface area contributed by atoms with E-state index in [1.54, 1.807) is 32.8 Å². The van der Waals surface area contributed by atoms with Gasteiger partial charge in [-0.1, -0.05) is 6.07 Å². The number of hydrogen-bond acceptors (Lipinski definition) is 6. The average Bonchev–Trinajstić information content (AvgIpc) is 3.49. The van der Waals surface area contributed by atoms with Crippen LogP contribution in [0, 0.1) is 19.3 Å². The van der Waals surface area contributed by atoms with E-state index < -0.39 is 18.1 Å². The number of carbonyl (C=O) groups is 1. The average molecular weight is 667 g/mol. The zero-order chi connectivity index (χ0) is 34.5. The Morgan fingerprint density at radius 2 is 1.60 bits per heavy atom. The van der Waals surface area contributed by atoms with Crippen LogP contribution in [0.3, 0.4) is 0 Å². The first kappa shape index (κ1) is 33.9. The minimum atomic E-state index is -4.87. The molecule has 3 aliphatic heterocycles. The molecule has 1 unspecified atom stereocenters. The van der Waals surface area contributed by atoms with Gasteiger partial charge in [-0.15, -0.1) is 0 Å². The number of carbonyl (C=O) groups excluding carboxylic acids is 1. The molecule has 1 atom stereocenters. The first-order valence-electron chi connectivity index (χ1n) is 16.7. The Balaban J connectivity index is 1.14. The first-order valence-corrected chi connectivity index (χ1v) is 16.7. The number of amides is 1. The van der Waals surface area contributed by atoms with Crippen LogP contribution >= 0.6 is 0 Å². The van der Waals surface area contributed by atoms with Crippen molar-refractivity contribution in [3.63, 3.8) is 0 Å². The number of ether oxygens (including phenoxy) is 2. The summed E-state index contributed by atoms with van der Waals surface area (Å²) in [6.07, 6.45) is 0.553. The van der Waals surface area contributed by atoms with Crippen LogP contribution < -0.4 is 19.9 Å². The predicted octanol–water partition coefficient (Wildman–Crippen LogP) is 6.19. The summed E-state index contributed by atoms with van der Waals surface area (Å²) < 4.78 is 53.1. The lowest BCUT2D eigenvalue weighted by molar-refractivity contribution is -0.188. The van der Waals surface area contributed by atoms with Crippen molar-refractivity contribution in [3.05, 3.63) is 74.7 Å². The van der Waals surface area contributed by atoms with Crippen LogP contribution in [0.5, 0.6) is 11.5 Å².